The second-order valence-corrected chi connectivity index (χ2v) is 5.33. The molecule has 0 saturated carbocycles. The SMILES string of the molecule is NCC#Cc1ccsc1Cn1nnc2ccccc2c1=O. The van der Waals surface area contributed by atoms with Gasteiger partial charge in [0.2, 0.25) is 0 Å². The second-order valence-electron chi connectivity index (χ2n) is 4.33. The molecule has 0 amide bonds. The molecule has 0 spiro atoms. The largest absolute Gasteiger partial charge is 0.320 e. The molecule has 0 aliphatic rings. The topological polar surface area (TPSA) is 73.8 Å². The molecular formula is C15H12N4OS. The Morgan fingerprint density at radius 2 is 2.14 bits per heavy atom. The Morgan fingerprint density at radius 1 is 1.29 bits per heavy atom. The van der Waals surface area contributed by atoms with E-state index in [1.54, 1.807) is 12.1 Å². The van der Waals surface area contributed by atoms with Gasteiger partial charge in [-0.2, -0.15) is 0 Å². The van der Waals surface area contributed by atoms with E-state index in [1.165, 1.54) is 16.0 Å². The second kappa shape index (κ2) is 5.87. The molecule has 0 aliphatic carbocycles. The number of thiophene rings is 1. The minimum atomic E-state index is -0.147. The number of rotatable bonds is 2. The maximum atomic E-state index is 12.4. The third-order valence-electron chi connectivity index (χ3n) is 2.99. The Kier molecular flexibility index (Phi) is 3.77. The van der Waals surface area contributed by atoms with Gasteiger partial charge in [-0.1, -0.05) is 29.2 Å². The minimum absolute atomic E-state index is 0.147. The van der Waals surface area contributed by atoms with Crippen LogP contribution < -0.4 is 11.3 Å². The van der Waals surface area contributed by atoms with Crippen molar-refractivity contribution in [3.63, 3.8) is 0 Å². The summed E-state index contributed by atoms with van der Waals surface area (Å²) in [6.07, 6.45) is 0. The highest BCUT2D eigenvalue weighted by atomic mass is 32.1. The van der Waals surface area contributed by atoms with Crippen LogP contribution in [0.1, 0.15) is 10.4 Å². The number of benzene rings is 1. The first-order valence-corrected chi connectivity index (χ1v) is 7.25. The van der Waals surface area contributed by atoms with Crippen LogP contribution in [-0.4, -0.2) is 21.5 Å². The monoisotopic (exact) mass is 296 g/mol. The maximum Gasteiger partial charge on any atom is 0.277 e. The van der Waals surface area contributed by atoms with Crippen LogP contribution in [0.4, 0.5) is 0 Å². The quantitative estimate of drug-likeness (QED) is 0.721. The van der Waals surface area contributed by atoms with Crippen molar-refractivity contribution < 1.29 is 0 Å². The van der Waals surface area contributed by atoms with Crippen molar-refractivity contribution in [2.45, 2.75) is 6.54 Å². The first-order valence-electron chi connectivity index (χ1n) is 6.37. The summed E-state index contributed by atoms with van der Waals surface area (Å²) in [4.78, 5) is 13.4. The molecular weight excluding hydrogens is 284 g/mol. The first kappa shape index (κ1) is 13.5. The van der Waals surface area contributed by atoms with Gasteiger partial charge in [-0.3, -0.25) is 4.79 Å². The number of fused-ring (bicyclic) bond motifs is 1. The molecule has 3 rings (SSSR count). The van der Waals surface area contributed by atoms with E-state index in [-0.39, 0.29) is 5.56 Å². The van der Waals surface area contributed by atoms with Crippen LogP contribution in [0.15, 0.2) is 40.5 Å². The fourth-order valence-corrected chi connectivity index (χ4v) is 2.79. The highest BCUT2D eigenvalue weighted by Crippen LogP contribution is 2.16. The van der Waals surface area contributed by atoms with E-state index in [1.807, 2.05) is 23.6 Å². The van der Waals surface area contributed by atoms with Gasteiger partial charge in [0.15, 0.2) is 0 Å². The number of hydrogen-bond donors (Lipinski definition) is 1. The smallest absolute Gasteiger partial charge is 0.277 e. The molecule has 104 valence electrons. The van der Waals surface area contributed by atoms with Gasteiger partial charge in [0, 0.05) is 10.4 Å². The summed E-state index contributed by atoms with van der Waals surface area (Å²) in [5.74, 6) is 5.82. The molecule has 2 aromatic heterocycles. The van der Waals surface area contributed by atoms with Gasteiger partial charge in [-0.25, -0.2) is 4.68 Å². The van der Waals surface area contributed by atoms with Crippen molar-refractivity contribution >= 4 is 22.2 Å². The Bertz CT molecular complexity index is 901. The van der Waals surface area contributed by atoms with E-state index in [0.717, 1.165) is 10.4 Å². The standard InChI is InChI=1S/C15H12N4OS/c16-8-3-4-11-7-9-21-14(11)10-19-15(20)12-5-1-2-6-13(12)17-18-19/h1-2,5-7,9H,8,10,16H2. The molecule has 5 nitrogen and oxygen atoms in total. The zero-order valence-corrected chi connectivity index (χ0v) is 11.9. The molecule has 0 radical (unpaired) electrons. The lowest BCUT2D eigenvalue weighted by molar-refractivity contribution is 0.605. The lowest BCUT2D eigenvalue weighted by Crippen LogP contribution is -2.24. The Balaban J connectivity index is 2.01. The normalized spacial score (nSPS) is 10.3. The molecule has 0 atom stereocenters. The number of aromatic nitrogens is 3. The van der Waals surface area contributed by atoms with Gasteiger partial charge in [0.05, 0.1) is 18.5 Å². The minimum Gasteiger partial charge on any atom is -0.320 e. The van der Waals surface area contributed by atoms with Crippen LogP contribution in [-0.2, 0) is 6.54 Å². The highest BCUT2D eigenvalue weighted by molar-refractivity contribution is 7.10. The Labute approximate surface area is 125 Å². The van der Waals surface area contributed by atoms with E-state index >= 15 is 0 Å². The van der Waals surface area contributed by atoms with E-state index in [4.69, 9.17) is 5.73 Å². The number of nitrogens with zero attached hydrogens (tertiary/aromatic N) is 3. The molecule has 2 N–H and O–H groups in total. The lowest BCUT2D eigenvalue weighted by Gasteiger charge is -2.03. The molecule has 1 aromatic carbocycles. The van der Waals surface area contributed by atoms with E-state index < -0.39 is 0 Å². The van der Waals surface area contributed by atoms with Crippen LogP contribution in [0.5, 0.6) is 0 Å². The third-order valence-corrected chi connectivity index (χ3v) is 3.90. The predicted octanol–water partition coefficient (Wildman–Crippen LogP) is 1.21. The van der Waals surface area contributed by atoms with Crippen molar-refractivity contribution in [2.75, 3.05) is 6.54 Å². The van der Waals surface area contributed by atoms with Crippen LogP contribution >= 0.6 is 11.3 Å². The zero-order valence-electron chi connectivity index (χ0n) is 11.1. The summed E-state index contributed by atoms with van der Waals surface area (Å²) in [5.41, 5.74) is 6.73. The van der Waals surface area contributed by atoms with Crippen LogP contribution in [0.3, 0.4) is 0 Å². The Morgan fingerprint density at radius 3 is 3.00 bits per heavy atom. The molecule has 6 heteroatoms. The van der Waals surface area contributed by atoms with Gasteiger partial charge in [0.25, 0.3) is 5.56 Å². The van der Waals surface area contributed by atoms with Gasteiger partial charge in [-0.05, 0) is 23.6 Å². The molecule has 3 aromatic rings. The molecule has 2 heterocycles. The molecule has 0 unspecified atom stereocenters. The predicted molar refractivity (Wildman–Crippen MR) is 83.2 cm³/mol. The maximum absolute atomic E-state index is 12.4. The summed E-state index contributed by atoms with van der Waals surface area (Å²) in [7, 11) is 0. The fourth-order valence-electron chi connectivity index (χ4n) is 1.98. The van der Waals surface area contributed by atoms with Crippen molar-refractivity contribution in [1.82, 2.24) is 15.0 Å². The van der Waals surface area contributed by atoms with Gasteiger partial charge < -0.3 is 5.73 Å². The van der Waals surface area contributed by atoms with Crippen molar-refractivity contribution in [1.29, 1.82) is 0 Å². The van der Waals surface area contributed by atoms with E-state index in [2.05, 4.69) is 22.2 Å². The van der Waals surface area contributed by atoms with Crippen LogP contribution in [0.2, 0.25) is 0 Å². The number of hydrogen-bond acceptors (Lipinski definition) is 5. The molecule has 21 heavy (non-hydrogen) atoms. The van der Waals surface area contributed by atoms with Gasteiger partial charge >= 0.3 is 0 Å². The molecule has 0 bridgehead atoms. The number of nitrogens with two attached hydrogens (primary N) is 1. The molecule has 0 aliphatic heterocycles. The summed E-state index contributed by atoms with van der Waals surface area (Å²) < 4.78 is 1.36. The van der Waals surface area contributed by atoms with Crippen molar-refractivity contribution in [3.05, 3.63) is 56.5 Å². The van der Waals surface area contributed by atoms with Gasteiger partial charge in [-0.15, -0.1) is 16.4 Å². The summed E-state index contributed by atoms with van der Waals surface area (Å²) in [6.45, 7) is 0.675. The summed E-state index contributed by atoms with van der Waals surface area (Å²) in [6, 6.07) is 9.10. The average Bonchev–Trinajstić information content (AvgIpc) is 2.95. The van der Waals surface area contributed by atoms with E-state index in [9.17, 15) is 4.79 Å². The molecule has 0 saturated heterocycles. The zero-order chi connectivity index (χ0) is 14.7. The van der Waals surface area contributed by atoms with Gasteiger partial charge in [0.1, 0.15) is 5.52 Å². The highest BCUT2D eigenvalue weighted by Gasteiger charge is 2.08. The molecule has 0 fully saturated rings. The third kappa shape index (κ3) is 2.70. The first-order chi connectivity index (χ1) is 10.3. The van der Waals surface area contributed by atoms with Crippen molar-refractivity contribution in [2.24, 2.45) is 5.73 Å². The van der Waals surface area contributed by atoms with Crippen LogP contribution in [0.25, 0.3) is 10.9 Å². The van der Waals surface area contributed by atoms with Crippen LogP contribution in [0, 0.1) is 11.8 Å². The summed E-state index contributed by atoms with van der Waals surface area (Å²) >= 11 is 1.54. The van der Waals surface area contributed by atoms with Crippen molar-refractivity contribution in [3.8, 4) is 11.8 Å². The average molecular weight is 296 g/mol. The Hall–Kier alpha value is -2.49. The van der Waals surface area contributed by atoms with E-state index in [0.29, 0.717) is 24.0 Å². The fraction of sp³-hybridized carbons (Fsp3) is 0.133. The lowest BCUT2D eigenvalue weighted by atomic mass is 10.2. The summed E-state index contributed by atoms with van der Waals surface area (Å²) in [5, 5.41) is 10.6.